The molecule has 168 valence electrons. The summed E-state index contributed by atoms with van der Waals surface area (Å²) >= 11 is 0. The maximum Gasteiger partial charge on any atom is 0.223 e. The second-order valence-electron chi connectivity index (χ2n) is 8.77. The minimum atomic E-state index is -0.244. The number of rotatable bonds is 7. The first-order valence-corrected chi connectivity index (χ1v) is 11.4. The summed E-state index contributed by atoms with van der Waals surface area (Å²) < 4.78 is 0. The molecule has 6 N–H and O–H groups in total. The third-order valence-electron chi connectivity index (χ3n) is 6.44. The number of anilines is 1. The van der Waals surface area contributed by atoms with Crippen molar-refractivity contribution in [1.29, 1.82) is 0 Å². The maximum atomic E-state index is 13.2. The monoisotopic (exact) mass is 432 g/mol. The zero-order chi connectivity index (χ0) is 22.5. The number of imidazole rings is 1. The van der Waals surface area contributed by atoms with Gasteiger partial charge in [0.2, 0.25) is 5.91 Å². The number of carbonyl (C=O) groups is 1. The minimum absolute atomic E-state index is 0.0351. The lowest BCUT2D eigenvalue weighted by Gasteiger charge is -2.28. The van der Waals surface area contributed by atoms with Gasteiger partial charge in [-0.15, -0.1) is 0 Å². The highest BCUT2D eigenvalue weighted by Gasteiger charge is 2.28. The van der Waals surface area contributed by atoms with E-state index in [9.17, 15) is 4.79 Å². The molecule has 7 heteroatoms. The summed E-state index contributed by atoms with van der Waals surface area (Å²) in [5.41, 5.74) is 15.3. The van der Waals surface area contributed by atoms with E-state index in [0.717, 1.165) is 54.0 Å². The molecule has 0 saturated heterocycles. The van der Waals surface area contributed by atoms with E-state index < -0.39 is 0 Å². The van der Waals surface area contributed by atoms with Crippen molar-refractivity contribution in [3.63, 3.8) is 0 Å². The van der Waals surface area contributed by atoms with Crippen LogP contribution in [0.15, 0.2) is 48.7 Å². The van der Waals surface area contributed by atoms with Gasteiger partial charge >= 0.3 is 0 Å². The molecule has 0 aliphatic heterocycles. The zero-order valence-electron chi connectivity index (χ0n) is 18.6. The second kappa shape index (κ2) is 9.96. The van der Waals surface area contributed by atoms with Crippen LogP contribution in [0.4, 0.5) is 5.82 Å². The summed E-state index contributed by atoms with van der Waals surface area (Å²) in [4.78, 5) is 25.6. The molecule has 4 rings (SSSR count). The van der Waals surface area contributed by atoms with Gasteiger partial charge in [-0.05, 0) is 69.2 Å². The number of aromatic amines is 1. The van der Waals surface area contributed by atoms with Crippen molar-refractivity contribution < 1.29 is 4.79 Å². The lowest BCUT2D eigenvalue weighted by molar-refractivity contribution is -0.127. The number of nitrogens with zero attached hydrogens (tertiary/aromatic N) is 2. The highest BCUT2D eigenvalue weighted by Crippen LogP contribution is 2.30. The average Bonchev–Trinajstić information content (AvgIpc) is 3.21. The van der Waals surface area contributed by atoms with Gasteiger partial charge in [-0.3, -0.25) is 4.79 Å². The van der Waals surface area contributed by atoms with E-state index in [-0.39, 0.29) is 17.9 Å². The third kappa shape index (κ3) is 5.16. The molecule has 1 aromatic carbocycles. The Bertz CT molecular complexity index is 1020. The van der Waals surface area contributed by atoms with Crippen molar-refractivity contribution in [3.05, 3.63) is 65.7 Å². The Kier molecular flexibility index (Phi) is 6.85. The zero-order valence-corrected chi connectivity index (χ0v) is 18.6. The largest absolute Gasteiger partial charge is 0.384 e. The van der Waals surface area contributed by atoms with Gasteiger partial charge in [-0.2, -0.15) is 0 Å². The number of pyridine rings is 1. The number of aryl methyl sites for hydroxylation is 1. The Labute approximate surface area is 189 Å². The van der Waals surface area contributed by atoms with Gasteiger partial charge in [0.15, 0.2) is 0 Å². The van der Waals surface area contributed by atoms with E-state index in [1.54, 1.807) is 12.3 Å². The topological polar surface area (TPSA) is 123 Å². The van der Waals surface area contributed by atoms with Crippen LogP contribution in [-0.2, 0) is 11.2 Å². The molecule has 2 aromatic heterocycles. The normalized spacial score (nSPS) is 19.4. The lowest BCUT2D eigenvalue weighted by atomic mass is 9.81. The van der Waals surface area contributed by atoms with Crippen LogP contribution in [0.1, 0.15) is 48.8 Å². The van der Waals surface area contributed by atoms with Gasteiger partial charge in [-0.25, -0.2) is 9.97 Å². The molecular weight excluding hydrogens is 400 g/mol. The molecular formula is C25H32N6O. The fraction of sp³-hybridized carbons (Fsp3) is 0.400. The Morgan fingerprint density at radius 1 is 1.16 bits per heavy atom. The van der Waals surface area contributed by atoms with E-state index in [1.807, 2.05) is 31.2 Å². The summed E-state index contributed by atoms with van der Waals surface area (Å²) in [6, 6.07) is 13.6. The van der Waals surface area contributed by atoms with Crippen molar-refractivity contribution in [1.82, 2.24) is 20.3 Å². The van der Waals surface area contributed by atoms with E-state index >= 15 is 0 Å². The number of aromatic nitrogens is 3. The molecule has 32 heavy (non-hydrogen) atoms. The first kappa shape index (κ1) is 22.0. The van der Waals surface area contributed by atoms with E-state index in [4.69, 9.17) is 16.5 Å². The molecule has 1 fully saturated rings. The van der Waals surface area contributed by atoms with Crippen LogP contribution in [0, 0.1) is 18.8 Å². The van der Waals surface area contributed by atoms with Crippen LogP contribution in [-0.4, -0.2) is 27.4 Å². The van der Waals surface area contributed by atoms with Gasteiger partial charge in [0.1, 0.15) is 11.6 Å². The summed E-state index contributed by atoms with van der Waals surface area (Å²) in [5, 5.41) is 3.29. The molecule has 0 unspecified atom stereocenters. The maximum absolute atomic E-state index is 13.2. The first-order valence-electron chi connectivity index (χ1n) is 11.4. The average molecular weight is 433 g/mol. The molecule has 2 heterocycles. The Balaban J connectivity index is 1.56. The predicted octanol–water partition coefficient (Wildman–Crippen LogP) is 3.53. The fourth-order valence-corrected chi connectivity index (χ4v) is 4.49. The van der Waals surface area contributed by atoms with E-state index in [1.165, 1.54) is 0 Å². The molecule has 0 spiro atoms. The van der Waals surface area contributed by atoms with Crippen LogP contribution < -0.4 is 16.8 Å². The van der Waals surface area contributed by atoms with Gasteiger partial charge in [0, 0.05) is 23.4 Å². The molecule has 3 aromatic rings. The number of hydrogen-bond donors (Lipinski definition) is 4. The van der Waals surface area contributed by atoms with Gasteiger partial charge in [0.25, 0.3) is 0 Å². The quantitative estimate of drug-likeness (QED) is 0.455. The third-order valence-corrected chi connectivity index (χ3v) is 6.44. The number of benzene rings is 1. The van der Waals surface area contributed by atoms with Crippen LogP contribution in [0.25, 0.3) is 11.3 Å². The molecule has 0 radical (unpaired) electrons. The number of hydrogen-bond acceptors (Lipinski definition) is 5. The van der Waals surface area contributed by atoms with Crippen LogP contribution in [0.5, 0.6) is 0 Å². The van der Waals surface area contributed by atoms with Crippen molar-refractivity contribution in [2.24, 2.45) is 17.6 Å². The van der Waals surface area contributed by atoms with Gasteiger partial charge < -0.3 is 21.8 Å². The van der Waals surface area contributed by atoms with Crippen molar-refractivity contribution in [2.45, 2.75) is 45.1 Å². The molecule has 1 aliphatic rings. The Morgan fingerprint density at radius 3 is 2.56 bits per heavy atom. The van der Waals surface area contributed by atoms with Gasteiger partial charge in [-0.1, -0.05) is 30.3 Å². The summed E-state index contributed by atoms with van der Waals surface area (Å²) in [5.74, 6) is 1.91. The molecule has 1 amide bonds. The number of carbonyl (C=O) groups excluding carboxylic acids is 1. The highest BCUT2D eigenvalue weighted by molar-refractivity contribution is 5.79. The van der Waals surface area contributed by atoms with Gasteiger partial charge in [0.05, 0.1) is 11.7 Å². The summed E-state index contributed by atoms with van der Waals surface area (Å²) in [6.45, 7) is 2.69. The molecule has 7 nitrogen and oxygen atoms in total. The van der Waals surface area contributed by atoms with E-state index in [0.29, 0.717) is 24.7 Å². The SMILES string of the molecule is Cc1[nH]c([C@H](Cc2ccccc2)NC(=O)C2CCC(CN)CC2)nc1-c1ccc(N)nc1. The van der Waals surface area contributed by atoms with E-state index in [2.05, 4.69) is 27.4 Å². The minimum Gasteiger partial charge on any atom is -0.384 e. The summed E-state index contributed by atoms with van der Waals surface area (Å²) in [6.07, 6.45) is 6.22. The number of H-pyrrole nitrogens is 1. The molecule has 1 atom stereocenters. The summed E-state index contributed by atoms with van der Waals surface area (Å²) in [7, 11) is 0. The van der Waals surface area contributed by atoms with Crippen molar-refractivity contribution >= 4 is 11.7 Å². The predicted molar refractivity (Wildman–Crippen MR) is 127 cm³/mol. The Hall–Kier alpha value is -3.19. The second-order valence-corrected chi connectivity index (χ2v) is 8.77. The number of nitrogens with two attached hydrogens (primary N) is 2. The van der Waals surface area contributed by atoms with Crippen LogP contribution in [0.2, 0.25) is 0 Å². The highest BCUT2D eigenvalue weighted by atomic mass is 16.1. The smallest absolute Gasteiger partial charge is 0.223 e. The Morgan fingerprint density at radius 2 is 1.91 bits per heavy atom. The lowest BCUT2D eigenvalue weighted by Crippen LogP contribution is -2.37. The van der Waals surface area contributed by atoms with Crippen molar-refractivity contribution in [2.75, 3.05) is 12.3 Å². The first-order chi connectivity index (χ1) is 15.5. The van der Waals surface area contributed by atoms with Crippen molar-refractivity contribution in [3.8, 4) is 11.3 Å². The fourth-order valence-electron chi connectivity index (χ4n) is 4.49. The number of nitrogen functional groups attached to an aromatic ring is 1. The molecule has 0 bridgehead atoms. The molecule has 1 aliphatic carbocycles. The number of amides is 1. The van der Waals surface area contributed by atoms with Crippen LogP contribution >= 0.6 is 0 Å². The molecule has 1 saturated carbocycles. The number of nitrogens with one attached hydrogen (secondary N) is 2. The van der Waals surface area contributed by atoms with Crippen LogP contribution in [0.3, 0.4) is 0 Å². The standard InChI is InChI=1S/C25H32N6O/c1-16-23(20-11-12-22(27)28-15-20)31-24(29-16)21(13-17-5-3-2-4-6-17)30-25(32)19-9-7-18(14-26)8-10-19/h2-6,11-12,15,18-19,21H,7-10,13-14,26H2,1H3,(H2,27,28)(H,29,31)(H,30,32)/t18?,19?,21-/m0/s1.